The number of likely N-dealkylation sites (tertiary alicyclic amines) is 1. The van der Waals surface area contributed by atoms with E-state index in [9.17, 15) is 19.1 Å². The minimum Gasteiger partial charge on any atom is -0.480 e. The van der Waals surface area contributed by atoms with Gasteiger partial charge in [0.25, 0.3) is 0 Å². The van der Waals surface area contributed by atoms with Gasteiger partial charge in [-0.15, -0.1) is 23.7 Å². The molecular formula is C18H20ClFN2O3S. The molecule has 2 heterocycles. The number of nitrogens with one attached hydrogen (secondary N) is 1. The van der Waals surface area contributed by atoms with Gasteiger partial charge in [0.05, 0.1) is 12.6 Å². The summed E-state index contributed by atoms with van der Waals surface area (Å²) in [4.78, 5) is 26.4. The lowest BCUT2D eigenvalue weighted by Gasteiger charge is -2.23. The van der Waals surface area contributed by atoms with E-state index < -0.39 is 12.0 Å². The van der Waals surface area contributed by atoms with Gasteiger partial charge in [-0.3, -0.25) is 14.5 Å². The fourth-order valence-electron chi connectivity index (χ4n) is 3.12. The second kappa shape index (κ2) is 9.12. The largest absolute Gasteiger partial charge is 0.480 e. The quantitative estimate of drug-likeness (QED) is 0.784. The molecule has 0 saturated carbocycles. The predicted molar refractivity (Wildman–Crippen MR) is 100 cm³/mol. The molecule has 140 valence electrons. The third-order valence-electron chi connectivity index (χ3n) is 4.33. The van der Waals surface area contributed by atoms with Gasteiger partial charge in [0.1, 0.15) is 11.9 Å². The molecule has 1 amide bonds. The Labute approximate surface area is 161 Å². The summed E-state index contributed by atoms with van der Waals surface area (Å²) >= 11 is 1.50. The Morgan fingerprint density at radius 1 is 1.31 bits per heavy atom. The number of benzene rings is 1. The first-order valence-electron chi connectivity index (χ1n) is 8.09. The molecule has 1 aromatic heterocycles. The van der Waals surface area contributed by atoms with E-state index >= 15 is 0 Å². The lowest BCUT2D eigenvalue weighted by Crippen LogP contribution is -2.43. The molecule has 0 radical (unpaired) electrons. The maximum atomic E-state index is 13.2. The van der Waals surface area contributed by atoms with Gasteiger partial charge in [-0.2, -0.15) is 0 Å². The van der Waals surface area contributed by atoms with Crippen molar-refractivity contribution in [1.29, 1.82) is 0 Å². The highest BCUT2D eigenvalue weighted by Crippen LogP contribution is 2.26. The van der Waals surface area contributed by atoms with Crippen LogP contribution in [0.5, 0.6) is 0 Å². The van der Waals surface area contributed by atoms with Crippen LogP contribution in [-0.2, 0) is 9.59 Å². The van der Waals surface area contributed by atoms with E-state index in [1.165, 1.54) is 23.5 Å². The Balaban J connectivity index is 0.00000243. The molecule has 1 fully saturated rings. The molecule has 2 aromatic rings. The van der Waals surface area contributed by atoms with Crippen molar-refractivity contribution in [2.45, 2.75) is 24.9 Å². The number of carbonyl (C=O) groups excluding carboxylic acids is 1. The topological polar surface area (TPSA) is 69.6 Å². The van der Waals surface area contributed by atoms with Crippen LogP contribution in [0.1, 0.15) is 29.3 Å². The Morgan fingerprint density at radius 2 is 2.04 bits per heavy atom. The number of thiophene rings is 1. The number of nitrogens with zero attached hydrogens (tertiary/aromatic N) is 1. The molecule has 1 aromatic carbocycles. The van der Waals surface area contributed by atoms with Crippen LogP contribution in [0.15, 0.2) is 41.8 Å². The molecule has 1 aliphatic heterocycles. The van der Waals surface area contributed by atoms with Crippen LogP contribution >= 0.6 is 23.7 Å². The summed E-state index contributed by atoms with van der Waals surface area (Å²) in [6.07, 6.45) is 1.34. The van der Waals surface area contributed by atoms with Crippen LogP contribution < -0.4 is 5.32 Å². The van der Waals surface area contributed by atoms with Crippen molar-refractivity contribution in [3.63, 3.8) is 0 Å². The Kier molecular flexibility index (Phi) is 7.14. The highest BCUT2D eigenvalue weighted by Gasteiger charge is 2.32. The number of halogens is 2. The number of rotatable bonds is 6. The Bertz CT molecular complexity index is 739. The highest BCUT2D eigenvalue weighted by molar-refractivity contribution is 7.10. The second-order valence-corrected chi connectivity index (χ2v) is 7.01. The summed E-state index contributed by atoms with van der Waals surface area (Å²) in [5, 5.41) is 14.1. The van der Waals surface area contributed by atoms with Gasteiger partial charge in [-0.05, 0) is 48.5 Å². The number of carboxylic acids is 1. The fourth-order valence-corrected chi connectivity index (χ4v) is 3.92. The number of carboxylic acid groups (broad SMARTS) is 1. The monoisotopic (exact) mass is 398 g/mol. The van der Waals surface area contributed by atoms with Crippen LogP contribution in [0.3, 0.4) is 0 Å². The standard InChI is InChI=1S/C18H19FN2O3S.ClH/c19-13-7-5-12(6-8-13)17(15-4-2-10-25-15)20-16(22)11-21-9-1-3-14(21)18(23)24;/h2,4-8,10,14,17H,1,3,9,11H2,(H,20,22)(H,23,24);1H/t14-,17?;/m0./s1. The van der Waals surface area contributed by atoms with Crippen molar-refractivity contribution >= 4 is 35.6 Å². The molecule has 8 heteroatoms. The molecule has 26 heavy (non-hydrogen) atoms. The first-order valence-corrected chi connectivity index (χ1v) is 8.97. The van der Waals surface area contributed by atoms with Gasteiger partial charge in [0.15, 0.2) is 0 Å². The average Bonchev–Trinajstić information content (AvgIpc) is 3.25. The SMILES string of the molecule is Cl.O=C(CN1CCC[C@H]1C(=O)O)NC(c1ccc(F)cc1)c1cccs1. The molecule has 1 unspecified atom stereocenters. The summed E-state index contributed by atoms with van der Waals surface area (Å²) in [6, 6.07) is 8.85. The van der Waals surface area contributed by atoms with Gasteiger partial charge in [-0.25, -0.2) is 4.39 Å². The van der Waals surface area contributed by atoms with E-state index in [2.05, 4.69) is 5.32 Å². The van der Waals surface area contributed by atoms with Gasteiger partial charge in [0.2, 0.25) is 5.91 Å². The van der Waals surface area contributed by atoms with Crippen LogP contribution in [0.25, 0.3) is 0 Å². The summed E-state index contributed by atoms with van der Waals surface area (Å²) in [5.74, 6) is -1.46. The van der Waals surface area contributed by atoms with Crippen molar-refractivity contribution in [1.82, 2.24) is 10.2 Å². The van der Waals surface area contributed by atoms with Crippen LogP contribution in [0, 0.1) is 5.82 Å². The average molecular weight is 399 g/mol. The molecule has 0 aliphatic carbocycles. The van der Waals surface area contributed by atoms with Crippen LogP contribution in [0.4, 0.5) is 4.39 Å². The first-order chi connectivity index (χ1) is 12.0. The van der Waals surface area contributed by atoms with Crippen molar-refractivity contribution in [3.05, 3.63) is 58.0 Å². The van der Waals surface area contributed by atoms with Gasteiger partial charge >= 0.3 is 5.97 Å². The van der Waals surface area contributed by atoms with E-state index in [0.29, 0.717) is 13.0 Å². The number of hydrogen-bond donors (Lipinski definition) is 2. The molecule has 1 saturated heterocycles. The van der Waals surface area contributed by atoms with Gasteiger partial charge in [-0.1, -0.05) is 18.2 Å². The zero-order valence-electron chi connectivity index (χ0n) is 13.9. The summed E-state index contributed by atoms with van der Waals surface area (Å²) in [5.41, 5.74) is 0.786. The minimum atomic E-state index is -0.890. The van der Waals surface area contributed by atoms with Crippen LogP contribution in [0.2, 0.25) is 0 Å². The maximum Gasteiger partial charge on any atom is 0.320 e. The second-order valence-electron chi connectivity index (χ2n) is 6.03. The molecule has 2 atom stereocenters. The van der Waals surface area contributed by atoms with Crippen molar-refractivity contribution in [2.24, 2.45) is 0 Å². The van der Waals surface area contributed by atoms with Gasteiger partial charge in [0, 0.05) is 4.88 Å². The number of aliphatic carboxylic acids is 1. The molecule has 0 bridgehead atoms. The Hall–Kier alpha value is -1.96. The summed E-state index contributed by atoms with van der Waals surface area (Å²) in [7, 11) is 0. The maximum absolute atomic E-state index is 13.2. The number of carbonyl (C=O) groups is 2. The number of hydrogen-bond acceptors (Lipinski definition) is 4. The Morgan fingerprint density at radius 3 is 2.65 bits per heavy atom. The zero-order chi connectivity index (χ0) is 17.8. The van der Waals surface area contributed by atoms with Crippen molar-refractivity contribution < 1.29 is 19.1 Å². The third-order valence-corrected chi connectivity index (χ3v) is 5.27. The fraction of sp³-hybridized carbons (Fsp3) is 0.333. The lowest BCUT2D eigenvalue weighted by molar-refractivity contribution is -0.142. The highest BCUT2D eigenvalue weighted by atomic mass is 35.5. The third kappa shape index (κ3) is 4.81. The van der Waals surface area contributed by atoms with E-state index in [1.807, 2.05) is 17.5 Å². The smallest absolute Gasteiger partial charge is 0.320 e. The zero-order valence-corrected chi connectivity index (χ0v) is 15.6. The van der Waals surface area contributed by atoms with Crippen molar-refractivity contribution in [2.75, 3.05) is 13.1 Å². The minimum absolute atomic E-state index is 0. The van der Waals surface area contributed by atoms with Gasteiger partial charge < -0.3 is 10.4 Å². The van der Waals surface area contributed by atoms with Crippen LogP contribution in [-0.4, -0.2) is 41.0 Å². The predicted octanol–water partition coefficient (Wildman–Crippen LogP) is 3.06. The number of amides is 1. The summed E-state index contributed by atoms with van der Waals surface area (Å²) < 4.78 is 13.2. The summed E-state index contributed by atoms with van der Waals surface area (Å²) in [6.45, 7) is 0.643. The molecular weight excluding hydrogens is 379 g/mol. The van der Waals surface area contributed by atoms with E-state index in [-0.39, 0.29) is 36.7 Å². The normalized spacial score (nSPS) is 18.1. The molecule has 1 aliphatic rings. The van der Waals surface area contributed by atoms with Crippen molar-refractivity contribution in [3.8, 4) is 0 Å². The van der Waals surface area contributed by atoms with E-state index in [4.69, 9.17) is 0 Å². The molecule has 5 nitrogen and oxygen atoms in total. The van der Waals surface area contributed by atoms with E-state index in [1.54, 1.807) is 17.0 Å². The lowest BCUT2D eigenvalue weighted by atomic mass is 10.1. The first kappa shape index (κ1) is 20.4. The molecule has 0 spiro atoms. The van der Waals surface area contributed by atoms with E-state index in [0.717, 1.165) is 16.9 Å². The molecule has 3 rings (SSSR count). The molecule has 2 N–H and O–H groups in total.